The van der Waals surface area contributed by atoms with Crippen molar-refractivity contribution in [2.75, 3.05) is 19.0 Å². The van der Waals surface area contributed by atoms with E-state index in [0.29, 0.717) is 28.1 Å². The Morgan fingerprint density at radius 2 is 1.59 bits per heavy atom. The minimum atomic E-state index is -0.840. The second-order valence-corrected chi connectivity index (χ2v) is 9.60. The molecule has 0 aliphatic carbocycles. The zero-order valence-corrected chi connectivity index (χ0v) is 22.7. The summed E-state index contributed by atoms with van der Waals surface area (Å²) < 4.78 is 24.2. The highest BCUT2D eigenvalue weighted by molar-refractivity contribution is 6.07. The third kappa shape index (κ3) is 5.68. The molecule has 0 unspecified atom stereocenters. The molecule has 0 radical (unpaired) electrons. The molecule has 0 saturated carbocycles. The summed E-state index contributed by atoms with van der Waals surface area (Å²) in [6.45, 7) is 2.05. The number of carbonyl (C=O) groups is 3. The van der Waals surface area contributed by atoms with Crippen LogP contribution in [-0.2, 0) is 16.1 Å². The highest BCUT2D eigenvalue weighted by Gasteiger charge is 2.44. The van der Waals surface area contributed by atoms with Crippen molar-refractivity contribution >= 4 is 23.5 Å². The normalized spacial score (nSPS) is 16.1. The Kier molecular flexibility index (Phi) is 8.10. The second kappa shape index (κ2) is 12.0. The third-order valence-electron chi connectivity index (χ3n) is 7.12. The molecule has 0 saturated heterocycles. The zero-order valence-electron chi connectivity index (χ0n) is 22.7. The number of esters is 1. The van der Waals surface area contributed by atoms with Crippen molar-refractivity contribution < 1.29 is 28.2 Å². The van der Waals surface area contributed by atoms with Crippen LogP contribution < -0.4 is 10.1 Å². The van der Waals surface area contributed by atoms with Crippen LogP contribution in [0.2, 0.25) is 0 Å². The van der Waals surface area contributed by atoms with Crippen molar-refractivity contribution in [1.82, 2.24) is 4.90 Å². The highest BCUT2D eigenvalue weighted by Crippen LogP contribution is 2.44. The van der Waals surface area contributed by atoms with Crippen LogP contribution in [0.25, 0.3) is 0 Å². The molecule has 8 heteroatoms. The molecule has 5 rings (SSSR count). The van der Waals surface area contributed by atoms with Gasteiger partial charge in [-0.2, -0.15) is 0 Å². The number of para-hydroxylation sites is 1. The molecule has 1 aliphatic heterocycles. The number of fused-ring (bicyclic) bond motifs is 1. The molecule has 0 fully saturated rings. The Morgan fingerprint density at radius 1 is 0.902 bits per heavy atom. The number of halogens is 1. The lowest BCUT2D eigenvalue weighted by Gasteiger charge is -2.42. The van der Waals surface area contributed by atoms with Crippen LogP contribution in [0.1, 0.15) is 56.3 Å². The van der Waals surface area contributed by atoms with Gasteiger partial charge in [0.05, 0.1) is 36.9 Å². The fraction of sp³-hybridized carbons (Fsp3) is 0.182. The number of hydrogen-bond acceptors (Lipinski definition) is 5. The molecule has 1 heterocycles. The van der Waals surface area contributed by atoms with Crippen LogP contribution in [0.3, 0.4) is 0 Å². The van der Waals surface area contributed by atoms with Gasteiger partial charge in [-0.15, -0.1) is 0 Å². The Balaban J connectivity index is 1.62. The van der Waals surface area contributed by atoms with Crippen molar-refractivity contribution in [3.05, 3.63) is 131 Å². The van der Waals surface area contributed by atoms with E-state index in [9.17, 15) is 18.8 Å². The van der Waals surface area contributed by atoms with Crippen molar-refractivity contribution in [2.24, 2.45) is 0 Å². The Bertz CT molecular complexity index is 1570. The highest BCUT2D eigenvalue weighted by atomic mass is 19.1. The monoisotopic (exact) mass is 552 g/mol. The molecule has 7 nitrogen and oxygen atoms in total. The van der Waals surface area contributed by atoms with E-state index < -0.39 is 23.8 Å². The number of amides is 2. The largest absolute Gasteiger partial charge is 0.497 e. The zero-order chi connectivity index (χ0) is 28.9. The predicted octanol–water partition coefficient (Wildman–Crippen LogP) is 6.13. The van der Waals surface area contributed by atoms with Crippen LogP contribution in [0.15, 0.2) is 97.1 Å². The maximum atomic E-state index is 14.2. The SMILES string of the molecule is CCOC(=O)c1ccccc1NC(=O)[C@@H]1c2ccccc2C(=O)N(Cc2ccc(F)cc2)[C@@H]1c1ccc(OC)cc1. The maximum absolute atomic E-state index is 14.2. The van der Waals surface area contributed by atoms with Crippen LogP contribution in [0.5, 0.6) is 5.75 Å². The first-order valence-electron chi connectivity index (χ1n) is 13.3. The van der Waals surface area contributed by atoms with Gasteiger partial charge in [-0.3, -0.25) is 9.59 Å². The maximum Gasteiger partial charge on any atom is 0.340 e. The second-order valence-electron chi connectivity index (χ2n) is 9.60. The van der Waals surface area contributed by atoms with Crippen LogP contribution in [0, 0.1) is 5.82 Å². The number of nitrogens with one attached hydrogen (secondary N) is 1. The summed E-state index contributed by atoms with van der Waals surface area (Å²) in [6.07, 6.45) is 0. The molecule has 2 atom stereocenters. The van der Waals surface area contributed by atoms with E-state index in [1.54, 1.807) is 91.7 Å². The molecule has 41 heavy (non-hydrogen) atoms. The average Bonchev–Trinajstić information content (AvgIpc) is 3.00. The number of carbonyl (C=O) groups excluding carboxylic acids is 3. The molecule has 208 valence electrons. The molecule has 0 bridgehead atoms. The molecule has 2 amide bonds. The lowest BCUT2D eigenvalue weighted by molar-refractivity contribution is -0.119. The summed E-state index contributed by atoms with van der Waals surface area (Å²) in [5.74, 6) is -1.78. The number of nitrogens with zero attached hydrogens (tertiary/aromatic N) is 1. The fourth-order valence-electron chi connectivity index (χ4n) is 5.20. The summed E-state index contributed by atoms with van der Waals surface area (Å²) in [5.41, 5.74) is 2.94. The van der Waals surface area contributed by atoms with Gasteiger partial charge in [0.2, 0.25) is 5.91 Å². The van der Waals surface area contributed by atoms with E-state index in [4.69, 9.17) is 9.47 Å². The summed E-state index contributed by atoms with van der Waals surface area (Å²) in [6, 6.07) is 26.1. The van der Waals surface area contributed by atoms with E-state index >= 15 is 0 Å². The lowest BCUT2D eigenvalue weighted by atomic mass is 9.79. The van der Waals surface area contributed by atoms with Gasteiger partial charge in [0.15, 0.2) is 0 Å². The van der Waals surface area contributed by atoms with Gasteiger partial charge in [0, 0.05) is 12.1 Å². The van der Waals surface area contributed by atoms with E-state index in [-0.39, 0.29) is 30.4 Å². The van der Waals surface area contributed by atoms with E-state index in [2.05, 4.69) is 5.32 Å². The number of ether oxygens (including phenoxy) is 2. The van der Waals surface area contributed by atoms with Crippen molar-refractivity contribution in [1.29, 1.82) is 0 Å². The van der Waals surface area contributed by atoms with Crippen LogP contribution in [0.4, 0.5) is 10.1 Å². The fourth-order valence-corrected chi connectivity index (χ4v) is 5.20. The summed E-state index contributed by atoms with van der Waals surface area (Å²) in [5, 5.41) is 2.94. The van der Waals surface area contributed by atoms with Crippen LogP contribution >= 0.6 is 0 Å². The molecular formula is C33H29FN2O5. The molecule has 4 aromatic carbocycles. The number of anilines is 1. The molecule has 1 N–H and O–H groups in total. The molecular weight excluding hydrogens is 523 g/mol. The van der Waals surface area contributed by atoms with Crippen molar-refractivity contribution in [3.63, 3.8) is 0 Å². The van der Waals surface area contributed by atoms with Gasteiger partial charge in [0.1, 0.15) is 11.6 Å². The van der Waals surface area contributed by atoms with Gasteiger partial charge in [-0.1, -0.05) is 54.6 Å². The van der Waals surface area contributed by atoms with Gasteiger partial charge < -0.3 is 19.7 Å². The minimum absolute atomic E-state index is 0.146. The third-order valence-corrected chi connectivity index (χ3v) is 7.12. The topological polar surface area (TPSA) is 84.9 Å². The predicted molar refractivity (Wildman–Crippen MR) is 152 cm³/mol. The Labute approximate surface area is 237 Å². The van der Waals surface area contributed by atoms with E-state index in [1.165, 1.54) is 12.1 Å². The van der Waals surface area contributed by atoms with Crippen molar-refractivity contribution in [3.8, 4) is 5.75 Å². The van der Waals surface area contributed by atoms with Crippen LogP contribution in [-0.4, -0.2) is 36.4 Å². The molecule has 4 aromatic rings. The Hall–Kier alpha value is -4.98. The number of methoxy groups -OCH3 is 1. The summed E-state index contributed by atoms with van der Waals surface area (Å²) in [4.78, 5) is 42.5. The lowest BCUT2D eigenvalue weighted by Crippen LogP contribution is -2.45. The van der Waals surface area contributed by atoms with Crippen molar-refractivity contribution in [2.45, 2.75) is 25.4 Å². The minimum Gasteiger partial charge on any atom is -0.497 e. The molecule has 0 aromatic heterocycles. The molecule has 1 aliphatic rings. The van der Waals surface area contributed by atoms with Gasteiger partial charge in [-0.25, -0.2) is 9.18 Å². The number of rotatable bonds is 8. The van der Waals surface area contributed by atoms with Gasteiger partial charge >= 0.3 is 5.97 Å². The first-order chi connectivity index (χ1) is 19.9. The Morgan fingerprint density at radius 3 is 2.29 bits per heavy atom. The number of hydrogen-bond donors (Lipinski definition) is 1. The quantitative estimate of drug-likeness (QED) is 0.266. The number of benzene rings is 4. The van der Waals surface area contributed by atoms with Gasteiger partial charge in [0.25, 0.3) is 5.91 Å². The molecule has 0 spiro atoms. The van der Waals surface area contributed by atoms with Gasteiger partial charge in [-0.05, 0) is 66.1 Å². The van der Waals surface area contributed by atoms with E-state index in [1.807, 2.05) is 12.1 Å². The standard InChI is InChI=1S/C33H29FN2O5/c1-3-41-33(39)27-10-6-7-11-28(27)35-31(37)29-25-8-4-5-9-26(25)32(38)36(20-21-12-16-23(34)17-13-21)30(29)22-14-18-24(40-2)19-15-22/h4-19,29-30H,3,20H2,1-2H3,(H,35,37)/t29-,30-/m1/s1. The summed E-state index contributed by atoms with van der Waals surface area (Å²) >= 11 is 0. The average molecular weight is 553 g/mol. The summed E-state index contributed by atoms with van der Waals surface area (Å²) in [7, 11) is 1.56. The van der Waals surface area contributed by atoms with E-state index in [0.717, 1.165) is 5.56 Å². The first-order valence-corrected chi connectivity index (χ1v) is 13.3. The smallest absolute Gasteiger partial charge is 0.340 e. The first kappa shape index (κ1) is 27.6.